The van der Waals surface area contributed by atoms with E-state index < -0.39 is 0 Å². The number of hydrogen-bond donors (Lipinski definition) is 0. The molecule has 1 saturated heterocycles. The molecule has 30 heavy (non-hydrogen) atoms. The smallest absolute Gasteiger partial charge is 0.227 e. The van der Waals surface area contributed by atoms with E-state index in [1.807, 2.05) is 35.2 Å². The summed E-state index contributed by atoms with van der Waals surface area (Å²) in [7, 11) is 1.64. The van der Waals surface area contributed by atoms with Crippen LogP contribution in [0, 0.1) is 5.82 Å². The van der Waals surface area contributed by atoms with Crippen molar-refractivity contribution in [3.8, 4) is 17.1 Å². The first-order valence-electron chi connectivity index (χ1n) is 10.1. The van der Waals surface area contributed by atoms with Crippen LogP contribution in [0.5, 0.6) is 5.75 Å². The highest BCUT2D eigenvalue weighted by atomic mass is 19.1. The number of hydrogen-bond acceptors (Lipinski definition) is 4. The molecule has 3 aromatic rings. The molecule has 1 atom stereocenters. The van der Waals surface area contributed by atoms with Crippen LogP contribution < -0.4 is 4.74 Å². The van der Waals surface area contributed by atoms with Crippen LogP contribution in [0.3, 0.4) is 0 Å². The minimum absolute atomic E-state index is 0.0655. The number of methoxy groups -OCH3 is 1. The van der Waals surface area contributed by atoms with Crippen LogP contribution in [-0.4, -0.2) is 41.0 Å². The summed E-state index contributed by atoms with van der Waals surface area (Å²) in [6, 6.07) is 15.7. The molecule has 5 nitrogen and oxygen atoms in total. The number of nitrogens with zero attached hydrogens (tertiary/aromatic N) is 3. The molecule has 0 aliphatic carbocycles. The minimum atomic E-state index is -0.291. The summed E-state index contributed by atoms with van der Waals surface area (Å²) >= 11 is 0. The first kappa shape index (κ1) is 20.0. The lowest BCUT2D eigenvalue weighted by molar-refractivity contribution is -0.131. The summed E-state index contributed by atoms with van der Waals surface area (Å²) in [6.45, 7) is 1.38. The number of ether oxygens (including phenoxy) is 1. The number of carbonyl (C=O) groups excluding carboxylic acids is 1. The van der Waals surface area contributed by atoms with Crippen LogP contribution in [-0.2, 0) is 11.2 Å². The van der Waals surface area contributed by atoms with E-state index in [9.17, 15) is 9.18 Å². The van der Waals surface area contributed by atoms with Crippen LogP contribution in [0.2, 0.25) is 0 Å². The van der Waals surface area contributed by atoms with Gasteiger partial charge in [-0.05, 0) is 60.9 Å². The fraction of sp³-hybridized carbons (Fsp3) is 0.292. The number of halogens is 1. The van der Waals surface area contributed by atoms with E-state index in [0.29, 0.717) is 12.4 Å². The Morgan fingerprint density at radius 1 is 1.13 bits per heavy atom. The average Bonchev–Trinajstić information content (AvgIpc) is 2.81. The fourth-order valence-electron chi connectivity index (χ4n) is 3.81. The van der Waals surface area contributed by atoms with Crippen LogP contribution in [0.25, 0.3) is 11.4 Å². The topological polar surface area (TPSA) is 55.3 Å². The van der Waals surface area contributed by atoms with E-state index in [1.165, 1.54) is 12.1 Å². The standard InChI is InChI=1S/C24H24FN3O2/c1-30-21-10-6-18(7-11-21)24-26-13-12-22(27-24)19-3-2-14-28(16-19)23(29)15-17-4-8-20(25)9-5-17/h4-13,19H,2-3,14-16H2,1H3. The summed E-state index contributed by atoms with van der Waals surface area (Å²) < 4.78 is 18.3. The summed E-state index contributed by atoms with van der Waals surface area (Å²) in [5, 5.41) is 0. The van der Waals surface area contributed by atoms with Gasteiger partial charge in [0.15, 0.2) is 5.82 Å². The van der Waals surface area contributed by atoms with Gasteiger partial charge in [0, 0.05) is 36.5 Å². The molecule has 6 heteroatoms. The van der Waals surface area contributed by atoms with Crippen molar-refractivity contribution in [2.75, 3.05) is 20.2 Å². The van der Waals surface area contributed by atoms with Crippen molar-refractivity contribution in [3.63, 3.8) is 0 Å². The molecule has 0 spiro atoms. The summed E-state index contributed by atoms with van der Waals surface area (Å²) in [5.74, 6) is 1.41. The third kappa shape index (κ3) is 4.64. The normalized spacial score (nSPS) is 16.3. The second kappa shape index (κ2) is 9.03. The average molecular weight is 405 g/mol. The minimum Gasteiger partial charge on any atom is -0.497 e. The van der Waals surface area contributed by atoms with Crippen LogP contribution >= 0.6 is 0 Å². The van der Waals surface area contributed by atoms with Gasteiger partial charge < -0.3 is 9.64 Å². The molecule has 2 aromatic carbocycles. The third-order valence-corrected chi connectivity index (χ3v) is 5.49. The van der Waals surface area contributed by atoms with Gasteiger partial charge in [-0.3, -0.25) is 4.79 Å². The maximum Gasteiger partial charge on any atom is 0.227 e. The molecule has 1 unspecified atom stereocenters. The second-order valence-corrected chi connectivity index (χ2v) is 7.52. The quantitative estimate of drug-likeness (QED) is 0.637. The van der Waals surface area contributed by atoms with Crippen molar-refractivity contribution in [3.05, 3.63) is 77.9 Å². The van der Waals surface area contributed by atoms with Gasteiger partial charge in [-0.2, -0.15) is 0 Å². The Morgan fingerprint density at radius 3 is 2.63 bits per heavy atom. The van der Waals surface area contributed by atoms with Crippen molar-refractivity contribution >= 4 is 5.91 Å². The highest BCUT2D eigenvalue weighted by Crippen LogP contribution is 2.28. The predicted molar refractivity (Wildman–Crippen MR) is 113 cm³/mol. The molecule has 0 radical (unpaired) electrons. The molecule has 1 aliphatic heterocycles. The largest absolute Gasteiger partial charge is 0.497 e. The molecular formula is C24H24FN3O2. The number of carbonyl (C=O) groups is 1. The van der Waals surface area contributed by atoms with Crippen molar-refractivity contribution in [2.24, 2.45) is 0 Å². The SMILES string of the molecule is COc1ccc(-c2nccc(C3CCCN(C(=O)Cc4ccc(F)cc4)C3)n2)cc1. The lowest BCUT2D eigenvalue weighted by Gasteiger charge is -2.32. The molecule has 2 heterocycles. The van der Waals surface area contributed by atoms with Gasteiger partial charge in [-0.15, -0.1) is 0 Å². The van der Waals surface area contributed by atoms with E-state index in [2.05, 4.69) is 4.98 Å². The fourth-order valence-corrected chi connectivity index (χ4v) is 3.81. The van der Waals surface area contributed by atoms with E-state index in [-0.39, 0.29) is 24.1 Å². The van der Waals surface area contributed by atoms with E-state index >= 15 is 0 Å². The summed E-state index contributed by atoms with van der Waals surface area (Å²) in [5.41, 5.74) is 2.71. The Kier molecular flexibility index (Phi) is 6.02. The predicted octanol–water partition coefficient (Wildman–Crippen LogP) is 4.24. The lowest BCUT2D eigenvalue weighted by Crippen LogP contribution is -2.40. The maximum absolute atomic E-state index is 13.1. The van der Waals surface area contributed by atoms with Crippen molar-refractivity contribution in [2.45, 2.75) is 25.2 Å². The molecule has 0 saturated carbocycles. The number of benzene rings is 2. The third-order valence-electron chi connectivity index (χ3n) is 5.49. The molecular weight excluding hydrogens is 381 g/mol. The van der Waals surface area contributed by atoms with E-state index in [0.717, 1.165) is 42.0 Å². The van der Waals surface area contributed by atoms with Crippen molar-refractivity contribution < 1.29 is 13.9 Å². The Bertz CT molecular complexity index is 1010. The zero-order valence-corrected chi connectivity index (χ0v) is 16.9. The molecule has 1 amide bonds. The van der Waals surface area contributed by atoms with Gasteiger partial charge in [0.2, 0.25) is 5.91 Å². The lowest BCUT2D eigenvalue weighted by atomic mass is 9.94. The highest BCUT2D eigenvalue weighted by molar-refractivity contribution is 5.79. The van der Waals surface area contributed by atoms with Gasteiger partial charge in [0.25, 0.3) is 0 Å². The molecule has 0 bridgehead atoms. The summed E-state index contributed by atoms with van der Waals surface area (Å²) in [4.78, 5) is 23.9. The Hall–Kier alpha value is -3.28. The first-order chi connectivity index (χ1) is 14.6. The number of piperidine rings is 1. The molecule has 154 valence electrons. The number of rotatable bonds is 5. The zero-order valence-electron chi connectivity index (χ0n) is 16.9. The van der Waals surface area contributed by atoms with Crippen LogP contribution in [0.15, 0.2) is 60.8 Å². The number of amides is 1. The van der Waals surface area contributed by atoms with Gasteiger partial charge in [-0.25, -0.2) is 14.4 Å². The molecule has 1 aromatic heterocycles. The number of likely N-dealkylation sites (tertiary alicyclic amines) is 1. The molecule has 0 N–H and O–H groups in total. The van der Waals surface area contributed by atoms with Crippen LogP contribution in [0.4, 0.5) is 4.39 Å². The number of aromatic nitrogens is 2. The van der Waals surface area contributed by atoms with Gasteiger partial charge >= 0.3 is 0 Å². The van der Waals surface area contributed by atoms with E-state index in [1.54, 1.807) is 25.4 Å². The Morgan fingerprint density at radius 2 is 1.90 bits per heavy atom. The zero-order chi connectivity index (χ0) is 20.9. The second-order valence-electron chi connectivity index (χ2n) is 7.52. The van der Waals surface area contributed by atoms with Gasteiger partial charge in [0.05, 0.1) is 13.5 Å². The maximum atomic E-state index is 13.1. The Balaban J connectivity index is 1.46. The monoisotopic (exact) mass is 405 g/mol. The van der Waals surface area contributed by atoms with Crippen LogP contribution in [0.1, 0.15) is 30.0 Å². The van der Waals surface area contributed by atoms with Gasteiger partial charge in [-0.1, -0.05) is 12.1 Å². The highest BCUT2D eigenvalue weighted by Gasteiger charge is 2.26. The summed E-state index contributed by atoms with van der Waals surface area (Å²) in [6.07, 6.45) is 3.98. The van der Waals surface area contributed by atoms with Gasteiger partial charge in [0.1, 0.15) is 11.6 Å². The van der Waals surface area contributed by atoms with Crippen molar-refractivity contribution in [1.29, 1.82) is 0 Å². The van der Waals surface area contributed by atoms with Crippen molar-refractivity contribution in [1.82, 2.24) is 14.9 Å². The molecule has 1 fully saturated rings. The first-order valence-corrected chi connectivity index (χ1v) is 10.1. The Labute approximate surface area is 175 Å². The molecule has 4 rings (SSSR count). The molecule has 1 aliphatic rings. The van der Waals surface area contributed by atoms with E-state index in [4.69, 9.17) is 9.72 Å².